The lowest BCUT2D eigenvalue weighted by molar-refractivity contribution is 0.0608. The van der Waals surface area contributed by atoms with Gasteiger partial charge in [-0.1, -0.05) is 36.9 Å². The first kappa shape index (κ1) is 14.8. The lowest BCUT2D eigenvalue weighted by Crippen LogP contribution is -2.35. The maximum absolute atomic E-state index is 14.2. The highest BCUT2D eigenvalue weighted by Crippen LogP contribution is 2.35. The highest BCUT2D eigenvalue weighted by atomic mass is 35.5. The minimum atomic E-state index is -0.754. The number of aryl methyl sites for hydroxylation is 1. The van der Waals surface area contributed by atoms with Crippen LogP contribution in [0.2, 0.25) is 5.02 Å². The predicted octanol–water partition coefficient (Wildman–Crippen LogP) is 3.73. The normalized spacial score (nSPS) is 20.3. The Morgan fingerprint density at radius 3 is 2.58 bits per heavy atom. The van der Waals surface area contributed by atoms with E-state index in [0.717, 1.165) is 25.7 Å². The summed E-state index contributed by atoms with van der Waals surface area (Å²) in [7, 11) is 0. The molecule has 0 aromatic heterocycles. The van der Waals surface area contributed by atoms with Crippen LogP contribution in [0.5, 0.6) is 0 Å². The Bertz CT molecular complexity index is 446. The molecule has 0 bridgehead atoms. The van der Waals surface area contributed by atoms with Crippen molar-refractivity contribution in [2.45, 2.75) is 51.2 Å². The molecule has 1 saturated carbocycles. The van der Waals surface area contributed by atoms with E-state index in [-0.39, 0.29) is 11.5 Å². The lowest BCUT2D eigenvalue weighted by atomic mass is 9.81. The zero-order valence-electron chi connectivity index (χ0n) is 11.2. The summed E-state index contributed by atoms with van der Waals surface area (Å²) in [5.41, 5.74) is 6.82. The van der Waals surface area contributed by atoms with Crippen LogP contribution in [-0.4, -0.2) is 11.2 Å². The molecule has 0 aliphatic heterocycles. The number of hydrogen-bond donors (Lipinski definition) is 2. The van der Waals surface area contributed by atoms with Crippen molar-refractivity contribution >= 4 is 11.6 Å². The molecule has 3 N–H and O–H groups in total. The second-order valence-corrected chi connectivity index (χ2v) is 5.91. The molecule has 1 aromatic carbocycles. The molecule has 0 radical (unpaired) electrons. The van der Waals surface area contributed by atoms with Gasteiger partial charge >= 0.3 is 0 Å². The molecule has 1 aliphatic rings. The summed E-state index contributed by atoms with van der Waals surface area (Å²) in [6.07, 6.45) is 4.61. The molecule has 0 heterocycles. The quantitative estimate of drug-likeness (QED) is 0.889. The summed E-state index contributed by atoms with van der Waals surface area (Å²) < 4.78 is 14.2. The zero-order valence-corrected chi connectivity index (χ0v) is 12.0. The van der Waals surface area contributed by atoms with Gasteiger partial charge in [0.1, 0.15) is 5.82 Å². The first-order valence-electron chi connectivity index (χ1n) is 6.90. The maximum Gasteiger partial charge on any atom is 0.132 e. The Morgan fingerprint density at radius 1 is 1.32 bits per heavy atom. The van der Waals surface area contributed by atoms with E-state index in [4.69, 9.17) is 17.3 Å². The molecule has 0 amide bonds. The summed E-state index contributed by atoms with van der Waals surface area (Å²) in [6, 6.07) is 2.51. The van der Waals surface area contributed by atoms with Crippen LogP contribution in [0.4, 0.5) is 4.39 Å². The van der Waals surface area contributed by atoms with Crippen molar-refractivity contribution in [3.63, 3.8) is 0 Å². The third kappa shape index (κ3) is 3.10. The van der Waals surface area contributed by atoms with Gasteiger partial charge in [0.25, 0.3) is 0 Å². The second-order valence-electron chi connectivity index (χ2n) is 5.51. The Kier molecular flexibility index (Phi) is 4.82. The fourth-order valence-corrected chi connectivity index (χ4v) is 3.20. The minimum absolute atomic E-state index is 0.153. The van der Waals surface area contributed by atoms with Gasteiger partial charge in [0, 0.05) is 10.6 Å². The number of aliphatic hydroxyl groups is 1. The average molecular weight is 286 g/mol. The highest BCUT2D eigenvalue weighted by Gasteiger charge is 2.30. The maximum atomic E-state index is 14.2. The summed E-state index contributed by atoms with van der Waals surface area (Å²) in [4.78, 5) is 0. The molecule has 4 heteroatoms. The zero-order chi connectivity index (χ0) is 14.0. The van der Waals surface area contributed by atoms with Crippen molar-refractivity contribution in [1.82, 2.24) is 0 Å². The molecule has 0 unspecified atom stereocenters. The monoisotopic (exact) mass is 285 g/mol. The van der Waals surface area contributed by atoms with E-state index >= 15 is 0 Å². The van der Waals surface area contributed by atoms with Gasteiger partial charge in [0.05, 0.1) is 12.1 Å². The van der Waals surface area contributed by atoms with Crippen LogP contribution in [0, 0.1) is 18.7 Å². The largest absolute Gasteiger partial charge is 0.391 e. The van der Waals surface area contributed by atoms with Crippen molar-refractivity contribution in [1.29, 1.82) is 0 Å². The Morgan fingerprint density at radius 2 is 1.95 bits per heavy atom. The number of hydrogen-bond acceptors (Lipinski definition) is 2. The molecule has 1 fully saturated rings. The lowest BCUT2D eigenvalue weighted by Gasteiger charge is -2.31. The van der Waals surface area contributed by atoms with Gasteiger partial charge in [0.15, 0.2) is 0 Å². The van der Waals surface area contributed by atoms with Crippen molar-refractivity contribution < 1.29 is 9.50 Å². The van der Waals surface area contributed by atoms with E-state index in [0.29, 0.717) is 10.6 Å². The first-order valence-corrected chi connectivity index (χ1v) is 7.28. The van der Waals surface area contributed by atoms with E-state index in [1.54, 1.807) is 19.1 Å². The molecular weight excluding hydrogens is 265 g/mol. The van der Waals surface area contributed by atoms with E-state index in [1.807, 2.05) is 0 Å². The van der Waals surface area contributed by atoms with Gasteiger partial charge in [-0.2, -0.15) is 0 Å². The number of nitrogens with two attached hydrogens (primary N) is 1. The van der Waals surface area contributed by atoms with Crippen LogP contribution < -0.4 is 5.73 Å². The standard InChI is InChI=1S/C15H21ClFNO/c1-9-7-8-11(16)12(13(9)17)14(18)15(19)10-5-3-2-4-6-10/h7-8,10,14-15,19H,2-6,18H2,1H3/t14-,15+/m1/s1. The summed E-state index contributed by atoms with van der Waals surface area (Å²) in [5.74, 6) is -0.241. The van der Waals surface area contributed by atoms with E-state index in [2.05, 4.69) is 0 Å². The first-order chi connectivity index (χ1) is 9.02. The van der Waals surface area contributed by atoms with Crippen LogP contribution in [0.15, 0.2) is 12.1 Å². The van der Waals surface area contributed by atoms with Gasteiger partial charge in [-0.05, 0) is 37.3 Å². The SMILES string of the molecule is Cc1ccc(Cl)c([C@@H](N)[C@@H](O)C2CCCCC2)c1F. The number of benzene rings is 1. The van der Waals surface area contributed by atoms with Gasteiger partial charge in [0.2, 0.25) is 0 Å². The van der Waals surface area contributed by atoms with Crippen LogP contribution in [0.1, 0.15) is 49.3 Å². The van der Waals surface area contributed by atoms with Crippen LogP contribution in [-0.2, 0) is 0 Å². The number of rotatable bonds is 3. The molecule has 0 saturated heterocycles. The fourth-order valence-electron chi connectivity index (χ4n) is 2.92. The molecule has 0 spiro atoms. The van der Waals surface area contributed by atoms with Crippen LogP contribution >= 0.6 is 11.6 Å². The Balaban J connectivity index is 2.23. The van der Waals surface area contributed by atoms with Gasteiger partial charge in [-0.3, -0.25) is 0 Å². The Labute approximate surface area is 118 Å². The van der Waals surface area contributed by atoms with Crippen molar-refractivity contribution in [2.75, 3.05) is 0 Å². The molecular formula is C15H21ClFNO. The number of halogens is 2. The Hall–Kier alpha value is -0.640. The minimum Gasteiger partial charge on any atom is -0.391 e. The smallest absolute Gasteiger partial charge is 0.132 e. The fraction of sp³-hybridized carbons (Fsp3) is 0.600. The third-order valence-electron chi connectivity index (χ3n) is 4.15. The van der Waals surface area contributed by atoms with E-state index in [9.17, 15) is 9.50 Å². The molecule has 1 aromatic rings. The van der Waals surface area contributed by atoms with Crippen molar-refractivity contribution in [3.8, 4) is 0 Å². The van der Waals surface area contributed by atoms with Gasteiger partial charge in [-0.15, -0.1) is 0 Å². The number of aliphatic hydroxyl groups excluding tert-OH is 1. The predicted molar refractivity (Wildman–Crippen MR) is 75.7 cm³/mol. The third-order valence-corrected chi connectivity index (χ3v) is 4.48. The van der Waals surface area contributed by atoms with Gasteiger partial charge < -0.3 is 10.8 Å². The van der Waals surface area contributed by atoms with Crippen molar-refractivity contribution in [2.24, 2.45) is 11.7 Å². The van der Waals surface area contributed by atoms with Gasteiger partial charge in [-0.25, -0.2) is 4.39 Å². The summed E-state index contributed by atoms with van der Waals surface area (Å²) in [5, 5.41) is 10.7. The van der Waals surface area contributed by atoms with E-state index < -0.39 is 18.0 Å². The van der Waals surface area contributed by atoms with Crippen LogP contribution in [0.25, 0.3) is 0 Å². The molecule has 1 aliphatic carbocycles. The second kappa shape index (κ2) is 6.21. The van der Waals surface area contributed by atoms with Crippen molar-refractivity contribution in [3.05, 3.63) is 34.1 Å². The average Bonchev–Trinajstić information content (AvgIpc) is 2.43. The highest BCUT2D eigenvalue weighted by molar-refractivity contribution is 6.31. The topological polar surface area (TPSA) is 46.2 Å². The molecule has 2 rings (SSSR count). The van der Waals surface area contributed by atoms with Crippen LogP contribution in [0.3, 0.4) is 0 Å². The van der Waals surface area contributed by atoms with E-state index in [1.165, 1.54) is 6.42 Å². The molecule has 106 valence electrons. The summed E-state index contributed by atoms with van der Waals surface area (Å²) in [6.45, 7) is 1.68. The molecule has 2 atom stereocenters. The molecule has 19 heavy (non-hydrogen) atoms. The molecule has 2 nitrogen and oxygen atoms in total. The summed E-state index contributed by atoms with van der Waals surface area (Å²) >= 11 is 6.05.